The van der Waals surface area contributed by atoms with Crippen molar-refractivity contribution >= 4 is 19.2 Å². The summed E-state index contributed by atoms with van der Waals surface area (Å²) in [6.07, 6.45) is 40.2. The summed E-state index contributed by atoms with van der Waals surface area (Å²) in [5.41, 5.74) is -0.240. The van der Waals surface area contributed by atoms with E-state index in [2.05, 4.69) is 38.2 Å². The van der Waals surface area contributed by atoms with Crippen LogP contribution in [0, 0.1) is 0 Å². The molecule has 1 atom stereocenters. The molecule has 2 N–H and O–H groups in total. The first-order chi connectivity index (χ1) is 22.1. The van der Waals surface area contributed by atoms with Crippen LogP contribution in [0.1, 0.15) is 194 Å². The SMILES string of the molecule is CCCCCCCC/C=C\CCCCCCCC(=O)P(OCC(O)CO)C(=O)CCCCCCC/C=C\CCCCCCCC. The van der Waals surface area contributed by atoms with Crippen LogP contribution in [0.3, 0.4) is 0 Å². The van der Waals surface area contributed by atoms with Crippen LogP contribution in [0.15, 0.2) is 24.3 Å². The average Bonchev–Trinajstić information content (AvgIpc) is 3.04. The molecule has 0 fully saturated rings. The van der Waals surface area contributed by atoms with E-state index in [-0.39, 0.29) is 17.7 Å². The Balaban J connectivity index is 4.02. The second kappa shape index (κ2) is 36.0. The van der Waals surface area contributed by atoms with Crippen molar-refractivity contribution in [2.75, 3.05) is 13.2 Å². The highest BCUT2D eigenvalue weighted by Crippen LogP contribution is 2.42. The van der Waals surface area contributed by atoms with Crippen molar-refractivity contribution in [2.24, 2.45) is 0 Å². The number of carbonyl (C=O) groups excluding carboxylic acids is 2. The molecule has 0 spiro atoms. The quantitative estimate of drug-likeness (QED) is 0.0400. The van der Waals surface area contributed by atoms with Crippen LogP contribution in [-0.4, -0.2) is 40.6 Å². The highest BCUT2D eigenvalue weighted by molar-refractivity contribution is 7.85. The number of aliphatic hydroxyl groups is 2. The maximum absolute atomic E-state index is 12.9. The lowest BCUT2D eigenvalue weighted by Gasteiger charge is -2.17. The normalized spacial score (nSPS) is 12.6. The number of unbranched alkanes of at least 4 members (excludes halogenated alkanes) is 22. The zero-order valence-electron chi connectivity index (χ0n) is 29.7. The Hall–Kier alpha value is -0.870. The van der Waals surface area contributed by atoms with Gasteiger partial charge < -0.3 is 14.7 Å². The Morgan fingerprint density at radius 3 is 1.18 bits per heavy atom. The van der Waals surface area contributed by atoms with Crippen LogP contribution in [0.25, 0.3) is 0 Å². The Kier molecular flexibility index (Phi) is 35.3. The topological polar surface area (TPSA) is 83.8 Å². The number of carbonyl (C=O) groups is 2. The number of aliphatic hydroxyl groups excluding tert-OH is 2. The molecule has 0 aromatic carbocycles. The van der Waals surface area contributed by atoms with Gasteiger partial charge in [0.25, 0.3) is 0 Å². The standard InChI is InChI=1S/C39H73O5P/c1-3-5-7-9-11-13-15-17-19-21-23-25-27-29-31-33-38(42)45(44-36-37(41)35-40)39(43)34-32-30-28-26-24-22-20-18-16-14-12-10-8-6-4-2/h17-20,37,40-41H,3-16,21-36H2,1-2H3/b19-17-,20-18-. The zero-order valence-corrected chi connectivity index (χ0v) is 30.6. The monoisotopic (exact) mass is 653 g/mol. The molecule has 0 amide bonds. The largest absolute Gasteiger partial charge is 0.394 e. The van der Waals surface area contributed by atoms with E-state index in [1.54, 1.807) is 0 Å². The van der Waals surface area contributed by atoms with Gasteiger partial charge in [-0.3, -0.25) is 9.59 Å². The third-order valence-corrected chi connectivity index (χ3v) is 10.1. The summed E-state index contributed by atoms with van der Waals surface area (Å²) in [5.74, 6) is 0. The fraction of sp³-hybridized carbons (Fsp3) is 0.846. The summed E-state index contributed by atoms with van der Waals surface area (Å²) in [5, 5.41) is 18.8. The summed E-state index contributed by atoms with van der Waals surface area (Å²) in [6.45, 7) is 3.91. The fourth-order valence-electron chi connectivity index (χ4n) is 5.39. The highest BCUT2D eigenvalue weighted by Gasteiger charge is 2.27. The smallest absolute Gasteiger partial charge is 0.189 e. The molecule has 0 saturated heterocycles. The third-order valence-electron chi connectivity index (χ3n) is 8.36. The Morgan fingerprint density at radius 1 is 0.533 bits per heavy atom. The predicted molar refractivity (Wildman–Crippen MR) is 195 cm³/mol. The van der Waals surface area contributed by atoms with Gasteiger partial charge in [0.1, 0.15) is 6.10 Å². The van der Waals surface area contributed by atoms with Crippen LogP contribution in [0.4, 0.5) is 0 Å². The summed E-state index contributed by atoms with van der Waals surface area (Å²) in [7, 11) is -1.87. The molecule has 6 heteroatoms. The summed E-state index contributed by atoms with van der Waals surface area (Å²) >= 11 is 0. The molecule has 0 aliphatic carbocycles. The van der Waals surface area contributed by atoms with Crippen molar-refractivity contribution in [3.8, 4) is 0 Å². The molecular weight excluding hydrogens is 579 g/mol. The van der Waals surface area contributed by atoms with Gasteiger partial charge in [0.05, 0.1) is 13.2 Å². The van der Waals surface area contributed by atoms with Gasteiger partial charge >= 0.3 is 0 Å². The van der Waals surface area contributed by atoms with Gasteiger partial charge in [0, 0.05) is 12.8 Å². The van der Waals surface area contributed by atoms with Crippen molar-refractivity contribution in [2.45, 2.75) is 200 Å². The summed E-state index contributed by atoms with van der Waals surface area (Å²) in [6, 6.07) is 0. The molecule has 264 valence electrons. The van der Waals surface area contributed by atoms with Crippen molar-refractivity contribution in [3.63, 3.8) is 0 Å². The van der Waals surface area contributed by atoms with Crippen LogP contribution in [0.5, 0.6) is 0 Å². The minimum atomic E-state index is -1.87. The van der Waals surface area contributed by atoms with Crippen LogP contribution in [-0.2, 0) is 14.1 Å². The molecule has 0 aliphatic heterocycles. The number of rotatable bonds is 36. The Labute approximate surface area is 280 Å². The van der Waals surface area contributed by atoms with E-state index in [1.807, 2.05) is 0 Å². The van der Waals surface area contributed by atoms with Crippen LogP contribution in [0.2, 0.25) is 0 Å². The number of hydrogen-bond acceptors (Lipinski definition) is 5. The van der Waals surface area contributed by atoms with Gasteiger partial charge in [-0.15, -0.1) is 0 Å². The van der Waals surface area contributed by atoms with E-state index in [4.69, 9.17) is 9.63 Å². The van der Waals surface area contributed by atoms with Gasteiger partial charge in [0.15, 0.2) is 19.2 Å². The fourth-order valence-corrected chi connectivity index (χ4v) is 7.00. The molecule has 5 nitrogen and oxygen atoms in total. The highest BCUT2D eigenvalue weighted by atomic mass is 31.1. The van der Waals surface area contributed by atoms with E-state index >= 15 is 0 Å². The van der Waals surface area contributed by atoms with Gasteiger partial charge in [-0.25, -0.2) is 0 Å². The molecule has 0 radical (unpaired) electrons. The molecule has 0 aromatic rings. The maximum Gasteiger partial charge on any atom is 0.189 e. The van der Waals surface area contributed by atoms with Crippen molar-refractivity contribution < 1.29 is 24.3 Å². The zero-order chi connectivity index (χ0) is 33.1. The summed E-state index contributed by atoms with van der Waals surface area (Å²) < 4.78 is 5.61. The van der Waals surface area contributed by atoms with E-state index in [9.17, 15) is 14.7 Å². The van der Waals surface area contributed by atoms with Crippen LogP contribution >= 0.6 is 8.15 Å². The number of hydrogen-bond donors (Lipinski definition) is 2. The second-order valence-corrected chi connectivity index (χ2v) is 14.7. The molecule has 0 bridgehead atoms. The van der Waals surface area contributed by atoms with E-state index in [0.717, 1.165) is 64.2 Å². The van der Waals surface area contributed by atoms with Crippen molar-refractivity contribution in [1.29, 1.82) is 0 Å². The number of allylic oxidation sites excluding steroid dienone is 4. The minimum Gasteiger partial charge on any atom is -0.394 e. The van der Waals surface area contributed by atoms with Crippen molar-refractivity contribution in [1.82, 2.24) is 0 Å². The lowest BCUT2D eigenvalue weighted by atomic mass is 10.1. The Morgan fingerprint density at radius 2 is 0.844 bits per heavy atom. The first-order valence-corrected chi connectivity index (χ1v) is 20.4. The molecule has 45 heavy (non-hydrogen) atoms. The van der Waals surface area contributed by atoms with E-state index in [1.165, 1.54) is 103 Å². The molecule has 0 saturated carbocycles. The van der Waals surface area contributed by atoms with Crippen molar-refractivity contribution in [3.05, 3.63) is 24.3 Å². The Bertz CT molecular complexity index is 656. The average molecular weight is 653 g/mol. The molecule has 1 unspecified atom stereocenters. The van der Waals surface area contributed by atoms with Gasteiger partial charge in [-0.1, -0.05) is 141 Å². The molecule has 0 aromatic heterocycles. The third kappa shape index (κ3) is 31.5. The molecule has 0 heterocycles. The first kappa shape index (κ1) is 44.1. The van der Waals surface area contributed by atoms with Crippen LogP contribution < -0.4 is 0 Å². The maximum atomic E-state index is 12.9. The van der Waals surface area contributed by atoms with Gasteiger partial charge in [-0.05, 0) is 64.2 Å². The van der Waals surface area contributed by atoms with Gasteiger partial charge in [-0.2, -0.15) is 0 Å². The van der Waals surface area contributed by atoms with E-state index < -0.39 is 20.9 Å². The lowest BCUT2D eigenvalue weighted by molar-refractivity contribution is -0.115. The predicted octanol–water partition coefficient (Wildman–Crippen LogP) is 11.9. The minimum absolute atomic E-state index is 0.120. The van der Waals surface area contributed by atoms with E-state index in [0.29, 0.717) is 12.8 Å². The first-order valence-electron chi connectivity index (χ1n) is 19.1. The summed E-state index contributed by atoms with van der Waals surface area (Å²) in [4.78, 5) is 25.8. The lowest BCUT2D eigenvalue weighted by Crippen LogP contribution is -2.20. The second-order valence-electron chi connectivity index (χ2n) is 12.9. The molecule has 0 aliphatic rings. The molecular formula is C39H73O5P. The van der Waals surface area contributed by atoms with Gasteiger partial charge in [0.2, 0.25) is 0 Å². The molecule has 0 rings (SSSR count).